The van der Waals surface area contributed by atoms with Crippen LogP contribution in [0.1, 0.15) is 19.3 Å². The summed E-state index contributed by atoms with van der Waals surface area (Å²) in [5.74, 6) is 0. The van der Waals surface area contributed by atoms with Gasteiger partial charge in [0.1, 0.15) is 0 Å². The third-order valence-electron chi connectivity index (χ3n) is 2.36. The van der Waals surface area contributed by atoms with Crippen LogP contribution in [0.2, 0.25) is 0 Å². The lowest BCUT2D eigenvalue weighted by Gasteiger charge is -2.29. The highest BCUT2D eigenvalue weighted by Crippen LogP contribution is 2.15. The van der Waals surface area contributed by atoms with E-state index in [1.165, 1.54) is 0 Å². The van der Waals surface area contributed by atoms with E-state index < -0.39 is 0 Å². The van der Waals surface area contributed by atoms with Gasteiger partial charge in [-0.2, -0.15) is 0 Å². The van der Waals surface area contributed by atoms with Crippen LogP contribution in [0.15, 0.2) is 0 Å². The van der Waals surface area contributed by atoms with E-state index in [2.05, 4.69) is 5.32 Å². The van der Waals surface area contributed by atoms with E-state index in [0.717, 1.165) is 25.9 Å². The molecule has 0 aromatic heterocycles. The van der Waals surface area contributed by atoms with Crippen molar-refractivity contribution in [3.05, 3.63) is 0 Å². The van der Waals surface area contributed by atoms with Gasteiger partial charge in [0.2, 0.25) is 0 Å². The molecule has 1 saturated heterocycles. The molecule has 4 nitrogen and oxygen atoms in total. The molecule has 1 aliphatic rings. The number of rotatable bonds is 5. The van der Waals surface area contributed by atoms with Gasteiger partial charge in [-0.1, -0.05) is 0 Å². The second-order valence-corrected chi connectivity index (χ2v) is 3.40. The maximum atomic E-state index is 8.74. The van der Waals surface area contributed by atoms with E-state index in [1.807, 2.05) is 0 Å². The maximum Gasteiger partial charge on any atom is 0.0611 e. The Morgan fingerprint density at radius 3 is 2.85 bits per heavy atom. The third-order valence-corrected chi connectivity index (χ3v) is 2.36. The van der Waals surface area contributed by atoms with Crippen molar-refractivity contribution in [2.24, 2.45) is 0 Å². The predicted octanol–water partition coefficient (Wildman–Crippen LogP) is -0.502. The molecule has 0 saturated carbocycles. The van der Waals surface area contributed by atoms with Gasteiger partial charge in [-0.3, -0.25) is 0 Å². The van der Waals surface area contributed by atoms with Crippen LogP contribution in [0, 0.1) is 0 Å². The number of aliphatic hydroxyl groups excluding tert-OH is 2. The number of ether oxygens (including phenoxy) is 1. The minimum absolute atomic E-state index is 0.183. The van der Waals surface area contributed by atoms with Gasteiger partial charge in [-0.15, -0.1) is 0 Å². The van der Waals surface area contributed by atoms with Crippen molar-refractivity contribution in [2.75, 3.05) is 26.4 Å². The van der Waals surface area contributed by atoms with Crippen molar-refractivity contribution < 1.29 is 14.9 Å². The summed E-state index contributed by atoms with van der Waals surface area (Å²) >= 11 is 0. The number of hydrogen-bond donors (Lipinski definition) is 3. The van der Waals surface area contributed by atoms with Crippen molar-refractivity contribution in [3.63, 3.8) is 0 Å². The highest BCUT2D eigenvalue weighted by Gasteiger charge is 2.21. The van der Waals surface area contributed by atoms with Gasteiger partial charge >= 0.3 is 0 Å². The van der Waals surface area contributed by atoms with Crippen LogP contribution in [0.3, 0.4) is 0 Å². The van der Waals surface area contributed by atoms with Gasteiger partial charge in [-0.25, -0.2) is 0 Å². The van der Waals surface area contributed by atoms with Gasteiger partial charge in [0.15, 0.2) is 0 Å². The summed E-state index contributed by atoms with van der Waals surface area (Å²) in [6, 6.07) is 0.442. The summed E-state index contributed by atoms with van der Waals surface area (Å²) in [7, 11) is 0. The van der Waals surface area contributed by atoms with Crippen LogP contribution in [0.5, 0.6) is 0 Å². The van der Waals surface area contributed by atoms with Crippen molar-refractivity contribution in [3.8, 4) is 0 Å². The molecule has 0 aromatic rings. The summed E-state index contributed by atoms with van der Waals surface area (Å²) in [5.41, 5.74) is 0. The lowest BCUT2D eigenvalue weighted by Crippen LogP contribution is -2.40. The molecule has 0 spiro atoms. The molecule has 1 fully saturated rings. The summed E-state index contributed by atoms with van der Waals surface area (Å²) in [5, 5.41) is 20.6. The molecule has 0 amide bonds. The zero-order chi connectivity index (χ0) is 9.52. The molecule has 4 heteroatoms. The molecule has 2 unspecified atom stereocenters. The van der Waals surface area contributed by atoms with Gasteiger partial charge in [-0.05, 0) is 19.3 Å². The average molecular weight is 189 g/mol. The molecule has 0 radical (unpaired) electrons. The normalized spacial score (nSPS) is 29.1. The first-order valence-corrected chi connectivity index (χ1v) is 4.93. The Hall–Kier alpha value is -0.160. The Morgan fingerprint density at radius 2 is 2.15 bits per heavy atom. The Bertz CT molecular complexity index is 130. The lowest BCUT2D eigenvalue weighted by atomic mass is 10.0. The maximum absolute atomic E-state index is 8.74. The monoisotopic (exact) mass is 189 g/mol. The largest absolute Gasteiger partial charge is 0.396 e. The van der Waals surface area contributed by atoms with Crippen molar-refractivity contribution >= 4 is 0 Å². The first-order chi connectivity index (χ1) is 6.36. The summed E-state index contributed by atoms with van der Waals surface area (Å²) in [4.78, 5) is 0. The Labute approximate surface area is 78.9 Å². The van der Waals surface area contributed by atoms with Gasteiger partial charge in [0, 0.05) is 25.8 Å². The molecule has 1 heterocycles. The van der Waals surface area contributed by atoms with E-state index in [0.29, 0.717) is 12.6 Å². The summed E-state index contributed by atoms with van der Waals surface area (Å²) < 4.78 is 5.47. The quantitative estimate of drug-likeness (QED) is 0.545. The predicted molar refractivity (Wildman–Crippen MR) is 49.6 cm³/mol. The lowest BCUT2D eigenvalue weighted by molar-refractivity contribution is -0.0113. The fourth-order valence-electron chi connectivity index (χ4n) is 1.68. The van der Waals surface area contributed by atoms with E-state index >= 15 is 0 Å². The third kappa shape index (κ3) is 4.04. The number of hydrogen-bond acceptors (Lipinski definition) is 4. The smallest absolute Gasteiger partial charge is 0.0611 e. The Morgan fingerprint density at radius 1 is 1.31 bits per heavy atom. The minimum atomic E-state index is 0.183. The van der Waals surface area contributed by atoms with Crippen molar-refractivity contribution in [1.29, 1.82) is 0 Å². The summed E-state index contributed by atoms with van der Waals surface area (Å²) in [6.07, 6.45) is 2.86. The van der Waals surface area contributed by atoms with E-state index in [1.54, 1.807) is 0 Å². The molecule has 78 valence electrons. The van der Waals surface area contributed by atoms with E-state index in [4.69, 9.17) is 14.9 Å². The zero-order valence-corrected chi connectivity index (χ0v) is 7.91. The fourth-order valence-corrected chi connectivity index (χ4v) is 1.68. The Balaban J connectivity index is 2.16. The first kappa shape index (κ1) is 10.9. The summed E-state index contributed by atoms with van der Waals surface area (Å²) in [6.45, 7) is 1.78. The molecule has 3 N–H and O–H groups in total. The van der Waals surface area contributed by atoms with Crippen molar-refractivity contribution in [2.45, 2.75) is 31.4 Å². The van der Waals surface area contributed by atoms with E-state index in [9.17, 15) is 0 Å². The SMILES string of the molecule is OCCNC1CCOC(CCO)C1. The molecule has 1 rings (SSSR count). The van der Waals surface area contributed by atoms with Crippen LogP contribution in [0.4, 0.5) is 0 Å². The van der Waals surface area contributed by atoms with Crippen molar-refractivity contribution in [1.82, 2.24) is 5.32 Å². The van der Waals surface area contributed by atoms with Crippen LogP contribution in [-0.2, 0) is 4.74 Å². The molecule has 0 aromatic carbocycles. The molecule has 0 aliphatic carbocycles. The first-order valence-electron chi connectivity index (χ1n) is 4.93. The topological polar surface area (TPSA) is 61.7 Å². The molecular weight excluding hydrogens is 170 g/mol. The average Bonchev–Trinajstić information content (AvgIpc) is 2.16. The number of nitrogens with one attached hydrogen (secondary N) is 1. The highest BCUT2D eigenvalue weighted by molar-refractivity contribution is 4.76. The molecule has 13 heavy (non-hydrogen) atoms. The number of aliphatic hydroxyl groups is 2. The molecular formula is C9H19NO3. The van der Waals surface area contributed by atoms with Gasteiger partial charge in [0.25, 0.3) is 0 Å². The fraction of sp³-hybridized carbons (Fsp3) is 1.00. The van der Waals surface area contributed by atoms with E-state index in [-0.39, 0.29) is 19.3 Å². The van der Waals surface area contributed by atoms with Gasteiger partial charge in [0.05, 0.1) is 12.7 Å². The standard InChI is InChI=1S/C9H19NO3/c11-4-1-9-7-8(2-6-13-9)10-3-5-12/h8-12H,1-7H2. The Kier molecular flexibility index (Phi) is 5.31. The minimum Gasteiger partial charge on any atom is -0.396 e. The zero-order valence-electron chi connectivity index (χ0n) is 7.91. The van der Waals surface area contributed by atoms with Gasteiger partial charge < -0.3 is 20.3 Å². The van der Waals surface area contributed by atoms with Crippen LogP contribution >= 0.6 is 0 Å². The second kappa shape index (κ2) is 6.32. The molecule has 1 aliphatic heterocycles. The van der Waals surface area contributed by atoms with Crippen LogP contribution in [-0.4, -0.2) is 48.7 Å². The highest BCUT2D eigenvalue weighted by atomic mass is 16.5. The van der Waals surface area contributed by atoms with Crippen LogP contribution < -0.4 is 5.32 Å². The molecule has 0 bridgehead atoms. The second-order valence-electron chi connectivity index (χ2n) is 3.40. The molecule has 2 atom stereocenters. The van der Waals surface area contributed by atoms with Crippen LogP contribution in [0.25, 0.3) is 0 Å².